The van der Waals surface area contributed by atoms with Crippen LogP contribution in [-0.4, -0.2) is 9.13 Å². The molecule has 3 aromatic heterocycles. The van der Waals surface area contributed by atoms with Crippen molar-refractivity contribution >= 4 is 75.1 Å². The van der Waals surface area contributed by atoms with Crippen molar-refractivity contribution in [3.05, 3.63) is 182 Å². The molecule has 0 fully saturated rings. The molecule has 3 heteroatoms. The maximum atomic E-state index is 2.48. The highest BCUT2D eigenvalue weighted by molar-refractivity contribution is 7.26. The summed E-state index contributed by atoms with van der Waals surface area (Å²) in [5.41, 5.74) is 12.2. The van der Waals surface area contributed by atoms with Gasteiger partial charge < -0.3 is 9.13 Å². The first-order valence-corrected chi connectivity index (χ1v) is 18.3. The van der Waals surface area contributed by atoms with E-state index in [2.05, 4.69) is 191 Å². The number of aromatic nitrogens is 2. The second-order valence-corrected chi connectivity index (χ2v) is 14.4. The zero-order valence-corrected chi connectivity index (χ0v) is 28.4. The Morgan fingerprint density at radius 2 is 0.882 bits per heavy atom. The monoisotopic (exact) mass is 666 g/mol. The lowest BCUT2D eigenvalue weighted by Crippen LogP contribution is -1.95. The molecule has 0 saturated heterocycles. The van der Waals surface area contributed by atoms with Gasteiger partial charge in [-0.05, 0) is 82.9 Å². The van der Waals surface area contributed by atoms with Crippen molar-refractivity contribution in [1.82, 2.24) is 9.13 Å². The van der Waals surface area contributed by atoms with Crippen molar-refractivity contribution in [2.24, 2.45) is 0 Å². The van der Waals surface area contributed by atoms with Gasteiger partial charge in [-0.3, -0.25) is 0 Å². The third-order valence-electron chi connectivity index (χ3n) is 10.5. The summed E-state index contributed by atoms with van der Waals surface area (Å²) in [7, 11) is 0. The van der Waals surface area contributed by atoms with Crippen molar-refractivity contribution < 1.29 is 0 Å². The van der Waals surface area contributed by atoms with Gasteiger partial charge in [-0.25, -0.2) is 0 Å². The fourth-order valence-corrected chi connectivity index (χ4v) is 9.50. The van der Waals surface area contributed by atoms with Crippen LogP contribution in [0, 0.1) is 0 Å². The summed E-state index contributed by atoms with van der Waals surface area (Å²) in [6.45, 7) is 0. The molecule has 238 valence electrons. The smallest absolute Gasteiger partial charge is 0.0641 e. The summed E-state index contributed by atoms with van der Waals surface area (Å²) in [6, 6.07) is 66.5. The molecule has 0 N–H and O–H groups in total. The minimum atomic E-state index is 1.18. The summed E-state index contributed by atoms with van der Waals surface area (Å²) in [6.07, 6.45) is 0. The van der Waals surface area contributed by atoms with Crippen LogP contribution in [0.4, 0.5) is 0 Å². The van der Waals surface area contributed by atoms with E-state index < -0.39 is 0 Å². The van der Waals surface area contributed by atoms with Crippen LogP contribution >= 0.6 is 11.3 Å². The van der Waals surface area contributed by atoms with Crippen LogP contribution in [0.2, 0.25) is 0 Å². The Kier molecular flexibility index (Phi) is 6.16. The number of benzene rings is 8. The number of hydrogen-bond donors (Lipinski definition) is 0. The predicted octanol–water partition coefficient (Wildman–Crippen LogP) is 13.6. The molecule has 0 unspecified atom stereocenters. The van der Waals surface area contributed by atoms with Gasteiger partial charge in [0.25, 0.3) is 0 Å². The van der Waals surface area contributed by atoms with Gasteiger partial charge in [0, 0.05) is 42.7 Å². The Labute approximate surface area is 298 Å². The lowest BCUT2D eigenvalue weighted by atomic mass is 9.98. The Morgan fingerprint density at radius 1 is 0.353 bits per heavy atom. The van der Waals surface area contributed by atoms with E-state index in [9.17, 15) is 0 Å². The van der Waals surface area contributed by atoms with E-state index in [-0.39, 0.29) is 0 Å². The lowest BCUT2D eigenvalue weighted by molar-refractivity contribution is 1.18. The molecule has 0 spiro atoms. The second kappa shape index (κ2) is 11.0. The minimum absolute atomic E-state index is 1.18. The SMILES string of the molecule is c1ccc(-c2ccc(-n3c4ccccc4c4cc(-c5ccc6c(c5)c5ccccc5n6-c5ccccc5)ccc43)c3sc4ccccc4c23)cc1. The molecular formula is C48H30N2S. The van der Waals surface area contributed by atoms with Crippen LogP contribution < -0.4 is 0 Å². The molecule has 2 nitrogen and oxygen atoms in total. The summed E-state index contributed by atoms with van der Waals surface area (Å²) >= 11 is 1.89. The highest BCUT2D eigenvalue weighted by Gasteiger charge is 2.20. The van der Waals surface area contributed by atoms with Gasteiger partial charge in [0.05, 0.1) is 32.5 Å². The maximum Gasteiger partial charge on any atom is 0.0641 e. The van der Waals surface area contributed by atoms with Gasteiger partial charge in [-0.1, -0.05) is 121 Å². The van der Waals surface area contributed by atoms with Gasteiger partial charge in [0.2, 0.25) is 0 Å². The minimum Gasteiger partial charge on any atom is -0.309 e. The molecule has 0 saturated carbocycles. The van der Waals surface area contributed by atoms with Crippen LogP contribution in [-0.2, 0) is 0 Å². The average Bonchev–Trinajstić information content (AvgIpc) is 3.86. The van der Waals surface area contributed by atoms with Crippen LogP contribution in [0.5, 0.6) is 0 Å². The van der Waals surface area contributed by atoms with Gasteiger partial charge in [0.1, 0.15) is 0 Å². The van der Waals surface area contributed by atoms with E-state index >= 15 is 0 Å². The van der Waals surface area contributed by atoms with Crippen LogP contribution in [0.1, 0.15) is 0 Å². The summed E-state index contributed by atoms with van der Waals surface area (Å²) in [5, 5.41) is 7.69. The Morgan fingerprint density at radius 3 is 1.57 bits per heavy atom. The first-order chi connectivity index (χ1) is 25.3. The quantitative estimate of drug-likeness (QED) is 0.177. The molecule has 0 aliphatic rings. The fraction of sp³-hybridized carbons (Fsp3) is 0. The molecule has 0 radical (unpaired) electrons. The molecule has 0 atom stereocenters. The van der Waals surface area contributed by atoms with Gasteiger partial charge in [-0.15, -0.1) is 11.3 Å². The third kappa shape index (κ3) is 4.22. The van der Waals surface area contributed by atoms with E-state index in [1.54, 1.807) is 0 Å². The number of nitrogens with zero attached hydrogens (tertiary/aromatic N) is 2. The highest BCUT2D eigenvalue weighted by atomic mass is 32.1. The number of fused-ring (bicyclic) bond motifs is 9. The molecule has 0 amide bonds. The van der Waals surface area contributed by atoms with Crippen molar-refractivity contribution in [1.29, 1.82) is 0 Å². The molecule has 3 heterocycles. The topological polar surface area (TPSA) is 9.86 Å². The Balaban J connectivity index is 1.14. The second-order valence-electron chi connectivity index (χ2n) is 13.3. The molecule has 0 bridgehead atoms. The molecule has 51 heavy (non-hydrogen) atoms. The number of thiophene rings is 1. The van der Waals surface area contributed by atoms with Crippen molar-refractivity contribution in [2.45, 2.75) is 0 Å². The normalized spacial score (nSPS) is 11.9. The summed E-state index contributed by atoms with van der Waals surface area (Å²) in [4.78, 5) is 0. The van der Waals surface area contributed by atoms with Crippen molar-refractivity contribution in [3.63, 3.8) is 0 Å². The van der Waals surface area contributed by atoms with Gasteiger partial charge >= 0.3 is 0 Å². The standard InChI is InChI=1S/C48H30N2S/c1-3-13-31(14-4-1)35-25-28-45(48-47(35)38-19-9-12-22-46(38)51-48)50-42-21-11-8-18-37(42)40-30-33(24-27-44(40)50)32-23-26-43-39(29-32)36-17-7-10-20-41(36)49(43)34-15-5-2-6-16-34/h1-30H. The summed E-state index contributed by atoms with van der Waals surface area (Å²) in [5.74, 6) is 0. The van der Waals surface area contributed by atoms with Crippen LogP contribution in [0.3, 0.4) is 0 Å². The average molecular weight is 667 g/mol. The summed E-state index contributed by atoms with van der Waals surface area (Å²) < 4.78 is 7.48. The predicted molar refractivity (Wildman–Crippen MR) is 219 cm³/mol. The molecule has 11 aromatic rings. The maximum absolute atomic E-state index is 2.48. The zero-order chi connectivity index (χ0) is 33.5. The lowest BCUT2D eigenvalue weighted by Gasteiger charge is -2.13. The number of rotatable bonds is 4. The van der Waals surface area contributed by atoms with E-state index in [0.717, 1.165) is 0 Å². The van der Waals surface area contributed by atoms with Gasteiger partial charge in [0.15, 0.2) is 0 Å². The Hall–Kier alpha value is -6.42. The van der Waals surface area contributed by atoms with E-state index in [1.165, 1.54) is 97.4 Å². The molecule has 11 rings (SSSR count). The molecule has 0 aliphatic heterocycles. The molecule has 8 aromatic carbocycles. The number of hydrogen-bond acceptors (Lipinski definition) is 1. The number of para-hydroxylation sites is 3. The highest BCUT2D eigenvalue weighted by Crippen LogP contribution is 2.45. The van der Waals surface area contributed by atoms with E-state index in [4.69, 9.17) is 0 Å². The first-order valence-electron chi connectivity index (χ1n) is 17.4. The first kappa shape index (κ1) is 28.4. The van der Waals surface area contributed by atoms with E-state index in [1.807, 2.05) is 11.3 Å². The van der Waals surface area contributed by atoms with Crippen molar-refractivity contribution in [2.75, 3.05) is 0 Å². The molecule has 0 aliphatic carbocycles. The largest absolute Gasteiger partial charge is 0.309 e. The third-order valence-corrected chi connectivity index (χ3v) is 11.7. The zero-order valence-electron chi connectivity index (χ0n) is 27.6. The van der Waals surface area contributed by atoms with E-state index in [0.29, 0.717) is 0 Å². The fourth-order valence-electron chi connectivity index (χ4n) is 8.27. The van der Waals surface area contributed by atoms with Crippen LogP contribution in [0.25, 0.3) is 97.4 Å². The van der Waals surface area contributed by atoms with Crippen LogP contribution in [0.15, 0.2) is 182 Å². The van der Waals surface area contributed by atoms with Crippen molar-refractivity contribution in [3.8, 4) is 33.6 Å². The molecular weight excluding hydrogens is 637 g/mol. The Bertz CT molecular complexity index is 3130. The van der Waals surface area contributed by atoms with Gasteiger partial charge in [-0.2, -0.15) is 0 Å².